The third-order valence-corrected chi connectivity index (χ3v) is 3.48. The molecule has 0 aromatic carbocycles. The largest absolute Gasteiger partial charge is 0.398 e. The Hall–Kier alpha value is -1.33. The van der Waals surface area contributed by atoms with E-state index >= 15 is 0 Å². The third-order valence-electron chi connectivity index (χ3n) is 3.48. The van der Waals surface area contributed by atoms with Crippen LogP contribution in [0.2, 0.25) is 0 Å². The Morgan fingerprint density at radius 3 is 2.83 bits per heavy atom. The van der Waals surface area contributed by atoms with Gasteiger partial charge in [0.2, 0.25) is 0 Å². The summed E-state index contributed by atoms with van der Waals surface area (Å²) in [7, 11) is 2.16. The predicted molar refractivity (Wildman–Crippen MR) is 73.7 cm³/mol. The van der Waals surface area contributed by atoms with Crippen LogP contribution in [0.25, 0.3) is 0 Å². The Morgan fingerprint density at radius 2 is 2.00 bits per heavy atom. The second kappa shape index (κ2) is 6.02. The van der Waals surface area contributed by atoms with Gasteiger partial charge >= 0.3 is 0 Å². The van der Waals surface area contributed by atoms with E-state index in [9.17, 15) is 4.79 Å². The highest BCUT2D eigenvalue weighted by Crippen LogP contribution is 2.02. The molecule has 0 amide bonds. The number of hydrogen-bond donors (Lipinski definition) is 1. The van der Waals surface area contributed by atoms with Crippen molar-refractivity contribution in [3.63, 3.8) is 0 Å². The van der Waals surface area contributed by atoms with Crippen LogP contribution in [0.15, 0.2) is 23.1 Å². The topological polar surface area (TPSA) is 54.5 Å². The summed E-state index contributed by atoms with van der Waals surface area (Å²) in [6.45, 7) is 6.08. The maximum absolute atomic E-state index is 11.6. The Labute approximate surface area is 108 Å². The third kappa shape index (κ3) is 3.58. The highest BCUT2D eigenvalue weighted by Gasteiger charge is 2.11. The standard InChI is InChI=1S/C13H22N4O/c1-15-5-2-6-16(8-7-15)9-10-17-11-12(14)3-4-13(17)18/h3-4,11H,2,5-10,14H2,1H3. The van der Waals surface area contributed by atoms with Crippen molar-refractivity contribution in [1.29, 1.82) is 0 Å². The van der Waals surface area contributed by atoms with Gasteiger partial charge in [-0.25, -0.2) is 0 Å². The molecule has 5 heteroatoms. The molecule has 100 valence electrons. The van der Waals surface area contributed by atoms with E-state index < -0.39 is 0 Å². The SMILES string of the molecule is CN1CCCN(CCn2cc(N)ccc2=O)CC1. The molecule has 0 atom stereocenters. The number of rotatable bonds is 3. The molecule has 1 saturated heterocycles. The van der Waals surface area contributed by atoms with Crippen LogP contribution in [-0.4, -0.2) is 54.1 Å². The summed E-state index contributed by atoms with van der Waals surface area (Å²) < 4.78 is 1.70. The number of aromatic nitrogens is 1. The molecule has 1 fully saturated rings. The van der Waals surface area contributed by atoms with Gasteiger partial charge in [-0.1, -0.05) is 0 Å². The van der Waals surface area contributed by atoms with Crippen molar-refractivity contribution in [2.24, 2.45) is 0 Å². The number of pyridine rings is 1. The number of nitrogens with zero attached hydrogens (tertiary/aromatic N) is 3. The van der Waals surface area contributed by atoms with Gasteiger partial charge in [0.15, 0.2) is 0 Å². The molecule has 0 saturated carbocycles. The smallest absolute Gasteiger partial charge is 0.250 e. The summed E-state index contributed by atoms with van der Waals surface area (Å²) in [5.74, 6) is 0. The molecule has 2 N–H and O–H groups in total. The summed E-state index contributed by atoms with van der Waals surface area (Å²) in [5, 5.41) is 0. The summed E-state index contributed by atoms with van der Waals surface area (Å²) in [6.07, 6.45) is 2.93. The quantitative estimate of drug-likeness (QED) is 0.825. The molecule has 18 heavy (non-hydrogen) atoms. The number of hydrogen-bond acceptors (Lipinski definition) is 4. The highest BCUT2D eigenvalue weighted by atomic mass is 16.1. The monoisotopic (exact) mass is 250 g/mol. The normalized spacial score (nSPS) is 18.7. The molecule has 0 aliphatic carbocycles. The zero-order chi connectivity index (χ0) is 13.0. The van der Waals surface area contributed by atoms with Crippen LogP contribution >= 0.6 is 0 Å². The Balaban J connectivity index is 1.90. The Bertz CT molecular complexity index is 443. The summed E-state index contributed by atoms with van der Waals surface area (Å²) in [5.41, 5.74) is 6.37. The van der Waals surface area contributed by atoms with Gasteiger partial charge in [-0.05, 0) is 32.6 Å². The number of nitrogen functional groups attached to an aromatic ring is 1. The maximum atomic E-state index is 11.6. The van der Waals surface area contributed by atoms with Crippen LogP contribution in [0.4, 0.5) is 5.69 Å². The second-order valence-corrected chi connectivity index (χ2v) is 4.99. The van der Waals surface area contributed by atoms with Gasteiger partial charge in [-0.3, -0.25) is 4.79 Å². The second-order valence-electron chi connectivity index (χ2n) is 4.99. The first kappa shape index (κ1) is 13.1. The Morgan fingerprint density at radius 1 is 1.17 bits per heavy atom. The molecule has 1 aliphatic rings. The van der Waals surface area contributed by atoms with E-state index in [1.807, 2.05) is 0 Å². The minimum atomic E-state index is 0.0242. The Kier molecular flexibility index (Phi) is 4.38. The van der Waals surface area contributed by atoms with Crippen LogP contribution in [-0.2, 0) is 6.54 Å². The van der Waals surface area contributed by atoms with Crippen molar-refractivity contribution in [2.75, 3.05) is 45.5 Å². The first-order valence-electron chi connectivity index (χ1n) is 6.52. The van der Waals surface area contributed by atoms with Gasteiger partial charge in [-0.2, -0.15) is 0 Å². The molecule has 0 spiro atoms. The maximum Gasteiger partial charge on any atom is 0.250 e. The van der Waals surface area contributed by atoms with E-state index in [4.69, 9.17) is 5.73 Å². The molecule has 1 aliphatic heterocycles. The minimum absolute atomic E-state index is 0.0242. The van der Waals surface area contributed by atoms with Crippen LogP contribution < -0.4 is 11.3 Å². The van der Waals surface area contributed by atoms with E-state index in [1.54, 1.807) is 16.8 Å². The molecule has 2 rings (SSSR count). The zero-order valence-corrected chi connectivity index (χ0v) is 11.0. The van der Waals surface area contributed by atoms with Gasteiger partial charge < -0.3 is 20.1 Å². The lowest BCUT2D eigenvalue weighted by Crippen LogP contribution is -2.33. The van der Waals surface area contributed by atoms with E-state index in [-0.39, 0.29) is 5.56 Å². The zero-order valence-electron chi connectivity index (χ0n) is 11.0. The number of anilines is 1. The van der Waals surface area contributed by atoms with Gasteiger partial charge in [0.1, 0.15) is 0 Å². The van der Waals surface area contributed by atoms with Crippen molar-refractivity contribution in [2.45, 2.75) is 13.0 Å². The lowest BCUT2D eigenvalue weighted by molar-refractivity contribution is 0.265. The first-order chi connectivity index (χ1) is 8.65. The lowest BCUT2D eigenvalue weighted by Gasteiger charge is -2.20. The molecule has 2 heterocycles. The minimum Gasteiger partial charge on any atom is -0.398 e. The summed E-state index contributed by atoms with van der Waals surface area (Å²) >= 11 is 0. The lowest BCUT2D eigenvalue weighted by atomic mass is 10.3. The van der Waals surface area contributed by atoms with Crippen molar-refractivity contribution >= 4 is 5.69 Å². The van der Waals surface area contributed by atoms with Crippen molar-refractivity contribution in [3.05, 3.63) is 28.7 Å². The molecular weight excluding hydrogens is 228 g/mol. The van der Waals surface area contributed by atoms with Crippen LogP contribution in [0.5, 0.6) is 0 Å². The van der Waals surface area contributed by atoms with E-state index in [1.165, 1.54) is 12.5 Å². The van der Waals surface area contributed by atoms with E-state index in [0.29, 0.717) is 12.2 Å². The fourth-order valence-corrected chi connectivity index (χ4v) is 2.30. The molecule has 0 radical (unpaired) electrons. The van der Waals surface area contributed by atoms with Crippen LogP contribution in [0.1, 0.15) is 6.42 Å². The van der Waals surface area contributed by atoms with Gasteiger partial charge in [0, 0.05) is 44.1 Å². The first-order valence-corrected chi connectivity index (χ1v) is 6.52. The highest BCUT2D eigenvalue weighted by molar-refractivity contribution is 5.33. The number of likely N-dealkylation sites (N-methyl/N-ethyl adjacent to an activating group) is 1. The molecule has 5 nitrogen and oxygen atoms in total. The molecular formula is C13H22N4O. The fourth-order valence-electron chi connectivity index (χ4n) is 2.30. The molecule has 1 aromatic heterocycles. The fraction of sp³-hybridized carbons (Fsp3) is 0.615. The average molecular weight is 250 g/mol. The summed E-state index contributed by atoms with van der Waals surface area (Å²) in [6, 6.07) is 3.19. The van der Waals surface area contributed by atoms with Gasteiger partial charge in [-0.15, -0.1) is 0 Å². The van der Waals surface area contributed by atoms with Crippen molar-refractivity contribution in [3.8, 4) is 0 Å². The summed E-state index contributed by atoms with van der Waals surface area (Å²) in [4.78, 5) is 16.4. The predicted octanol–water partition coefficient (Wildman–Crippen LogP) is 0.0680. The van der Waals surface area contributed by atoms with Crippen molar-refractivity contribution < 1.29 is 0 Å². The van der Waals surface area contributed by atoms with Gasteiger partial charge in [0.05, 0.1) is 0 Å². The van der Waals surface area contributed by atoms with Crippen molar-refractivity contribution in [1.82, 2.24) is 14.4 Å². The van der Waals surface area contributed by atoms with E-state index in [0.717, 1.165) is 32.7 Å². The molecule has 0 bridgehead atoms. The van der Waals surface area contributed by atoms with Crippen LogP contribution in [0.3, 0.4) is 0 Å². The molecule has 1 aromatic rings. The average Bonchev–Trinajstić information content (AvgIpc) is 2.55. The molecule has 0 unspecified atom stereocenters. The van der Waals surface area contributed by atoms with Crippen LogP contribution in [0, 0.1) is 0 Å². The van der Waals surface area contributed by atoms with Gasteiger partial charge in [0.25, 0.3) is 5.56 Å². The number of nitrogens with two attached hydrogens (primary N) is 1. The van der Waals surface area contributed by atoms with E-state index in [2.05, 4.69) is 16.8 Å².